The number of aliphatic hydroxyl groups is 2. The Balaban J connectivity index is 3.41. The molecular formula is C74H145NO3. The minimum Gasteiger partial charge on any atom is -0.394 e. The number of aliphatic hydroxyl groups excluding tert-OH is 2. The zero-order chi connectivity index (χ0) is 56.2. The molecule has 1 amide bonds. The zero-order valence-corrected chi connectivity index (χ0v) is 53.7. The molecule has 0 rings (SSSR count). The van der Waals surface area contributed by atoms with E-state index in [2.05, 4.69) is 31.3 Å². The second-order valence-corrected chi connectivity index (χ2v) is 25.4. The maximum absolute atomic E-state index is 12.5. The van der Waals surface area contributed by atoms with Gasteiger partial charge in [-0.2, -0.15) is 0 Å². The van der Waals surface area contributed by atoms with Crippen LogP contribution in [-0.2, 0) is 4.79 Å². The third-order valence-corrected chi connectivity index (χ3v) is 17.4. The SMILES string of the molecule is CCCCCCCCCCCCCCCCCCCCCCCCCCC/C=C/CC/C=C/C(O)C(CO)NC(=O)CCCCCCCCCCCCCCCCCCCCCCCCCCCCCCCCCCCCC. The van der Waals surface area contributed by atoms with Crippen molar-refractivity contribution < 1.29 is 15.0 Å². The Morgan fingerprint density at radius 3 is 0.744 bits per heavy atom. The maximum atomic E-state index is 12.5. The van der Waals surface area contributed by atoms with Gasteiger partial charge in [-0.25, -0.2) is 0 Å². The Hall–Kier alpha value is -1.13. The molecule has 464 valence electrons. The van der Waals surface area contributed by atoms with E-state index in [4.69, 9.17) is 0 Å². The molecule has 3 N–H and O–H groups in total. The number of allylic oxidation sites excluding steroid dienone is 3. The average molecular weight is 1100 g/mol. The Kier molecular flexibility index (Phi) is 69.1. The van der Waals surface area contributed by atoms with Crippen LogP contribution in [0.2, 0.25) is 0 Å². The number of amides is 1. The number of rotatable bonds is 69. The summed E-state index contributed by atoms with van der Waals surface area (Å²) in [6.45, 7) is 4.36. The van der Waals surface area contributed by atoms with Gasteiger partial charge in [0, 0.05) is 6.42 Å². The van der Waals surface area contributed by atoms with Crippen molar-refractivity contribution in [2.24, 2.45) is 0 Å². The highest BCUT2D eigenvalue weighted by atomic mass is 16.3. The molecule has 0 aliphatic heterocycles. The molecule has 0 aromatic heterocycles. The first-order valence-electron chi connectivity index (χ1n) is 36.6. The third kappa shape index (κ3) is 65.7. The topological polar surface area (TPSA) is 69.6 Å². The minimum atomic E-state index is -0.862. The first-order valence-corrected chi connectivity index (χ1v) is 36.6. The molecule has 0 fully saturated rings. The molecule has 0 bridgehead atoms. The summed E-state index contributed by atoms with van der Waals surface area (Å²) in [4.78, 5) is 12.5. The highest BCUT2D eigenvalue weighted by Gasteiger charge is 2.18. The quantitative estimate of drug-likeness (QED) is 0.0420. The van der Waals surface area contributed by atoms with Gasteiger partial charge in [-0.15, -0.1) is 0 Å². The van der Waals surface area contributed by atoms with Crippen LogP contribution >= 0.6 is 0 Å². The molecule has 0 heterocycles. The van der Waals surface area contributed by atoms with Crippen molar-refractivity contribution in [1.82, 2.24) is 5.32 Å². The van der Waals surface area contributed by atoms with Crippen molar-refractivity contribution in [3.63, 3.8) is 0 Å². The second-order valence-electron chi connectivity index (χ2n) is 25.4. The van der Waals surface area contributed by atoms with Gasteiger partial charge in [-0.1, -0.05) is 411 Å². The summed E-state index contributed by atoms with van der Waals surface area (Å²) in [5, 5.41) is 23.3. The van der Waals surface area contributed by atoms with Crippen molar-refractivity contribution >= 4 is 5.91 Å². The van der Waals surface area contributed by atoms with Crippen molar-refractivity contribution in [1.29, 1.82) is 0 Å². The van der Waals surface area contributed by atoms with Gasteiger partial charge >= 0.3 is 0 Å². The van der Waals surface area contributed by atoms with Crippen LogP contribution < -0.4 is 5.32 Å². The van der Waals surface area contributed by atoms with E-state index >= 15 is 0 Å². The van der Waals surface area contributed by atoms with Crippen LogP contribution in [0, 0.1) is 0 Å². The normalized spacial score (nSPS) is 12.7. The van der Waals surface area contributed by atoms with Crippen molar-refractivity contribution in [2.45, 2.75) is 437 Å². The molecular weight excluding hydrogens is 951 g/mol. The number of hydrogen-bond acceptors (Lipinski definition) is 3. The number of unbranched alkanes of at least 4 members (excludes halogenated alkanes) is 60. The van der Waals surface area contributed by atoms with Gasteiger partial charge in [0.1, 0.15) is 0 Å². The lowest BCUT2D eigenvalue weighted by atomic mass is 10.0. The van der Waals surface area contributed by atoms with E-state index in [0.29, 0.717) is 6.42 Å². The number of hydrogen-bond donors (Lipinski definition) is 3. The smallest absolute Gasteiger partial charge is 0.220 e. The summed E-state index contributed by atoms with van der Waals surface area (Å²) in [6, 6.07) is -0.638. The van der Waals surface area contributed by atoms with Crippen LogP contribution in [-0.4, -0.2) is 34.9 Å². The number of nitrogens with one attached hydrogen (secondary N) is 1. The summed E-state index contributed by atoms with van der Waals surface area (Å²) >= 11 is 0. The summed E-state index contributed by atoms with van der Waals surface area (Å²) in [7, 11) is 0. The first-order chi connectivity index (χ1) is 38.7. The van der Waals surface area contributed by atoms with Crippen LogP contribution in [0.3, 0.4) is 0 Å². The Labute approximate surface area is 491 Å². The predicted octanol–water partition coefficient (Wildman–Crippen LogP) is 24.9. The third-order valence-electron chi connectivity index (χ3n) is 17.4. The van der Waals surface area contributed by atoms with E-state index in [1.54, 1.807) is 6.08 Å². The van der Waals surface area contributed by atoms with E-state index in [-0.39, 0.29) is 12.5 Å². The van der Waals surface area contributed by atoms with Gasteiger partial charge in [0.05, 0.1) is 18.8 Å². The van der Waals surface area contributed by atoms with Gasteiger partial charge in [0.25, 0.3) is 0 Å². The molecule has 0 spiro atoms. The molecule has 0 aliphatic carbocycles. The van der Waals surface area contributed by atoms with Crippen molar-refractivity contribution in [3.05, 3.63) is 24.3 Å². The fourth-order valence-electron chi connectivity index (χ4n) is 11.9. The van der Waals surface area contributed by atoms with E-state index in [1.807, 2.05) is 6.08 Å². The molecule has 4 nitrogen and oxygen atoms in total. The highest BCUT2D eigenvalue weighted by molar-refractivity contribution is 5.76. The molecule has 0 aromatic rings. The van der Waals surface area contributed by atoms with Gasteiger partial charge < -0.3 is 15.5 Å². The van der Waals surface area contributed by atoms with Gasteiger partial charge in [-0.05, 0) is 32.1 Å². The van der Waals surface area contributed by atoms with Crippen LogP contribution in [0.25, 0.3) is 0 Å². The zero-order valence-electron chi connectivity index (χ0n) is 53.7. The molecule has 0 aromatic carbocycles. The van der Waals surface area contributed by atoms with E-state index in [1.165, 1.54) is 372 Å². The number of carbonyl (C=O) groups excluding carboxylic acids is 1. The second kappa shape index (κ2) is 70.1. The van der Waals surface area contributed by atoms with Crippen LogP contribution in [0.4, 0.5) is 0 Å². The predicted molar refractivity (Wildman–Crippen MR) is 350 cm³/mol. The summed E-state index contributed by atoms with van der Waals surface area (Å²) < 4.78 is 0. The number of carbonyl (C=O) groups is 1. The lowest BCUT2D eigenvalue weighted by Crippen LogP contribution is -2.45. The molecule has 0 saturated heterocycles. The fourth-order valence-corrected chi connectivity index (χ4v) is 11.9. The summed E-state index contributed by atoms with van der Waals surface area (Å²) in [5.74, 6) is -0.0635. The Bertz CT molecular complexity index is 1150. The molecule has 0 saturated carbocycles. The molecule has 0 radical (unpaired) electrons. The monoisotopic (exact) mass is 1100 g/mol. The summed E-state index contributed by atoms with van der Waals surface area (Å²) in [5.41, 5.74) is 0. The van der Waals surface area contributed by atoms with E-state index in [9.17, 15) is 15.0 Å². The Morgan fingerprint density at radius 2 is 0.500 bits per heavy atom. The van der Waals surface area contributed by atoms with Crippen LogP contribution in [0.15, 0.2) is 24.3 Å². The maximum Gasteiger partial charge on any atom is 0.220 e. The van der Waals surface area contributed by atoms with Gasteiger partial charge in [0.15, 0.2) is 0 Å². The molecule has 2 atom stereocenters. The molecule has 2 unspecified atom stereocenters. The average Bonchev–Trinajstić information content (AvgIpc) is 3.44. The van der Waals surface area contributed by atoms with E-state index in [0.717, 1.165) is 32.1 Å². The molecule has 4 heteroatoms. The highest BCUT2D eigenvalue weighted by Crippen LogP contribution is 2.20. The lowest BCUT2D eigenvalue weighted by Gasteiger charge is -2.19. The molecule has 0 aliphatic rings. The molecule has 78 heavy (non-hydrogen) atoms. The van der Waals surface area contributed by atoms with Crippen LogP contribution in [0.1, 0.15) is 425 Å². The largest absolute Gasteiger partial charge is 0.394 e. The Morgan fingerprint density at radius 1 is 0.295 bits per heavy atom. The fraction of sp³-hybridized carbons (Fsp3) is 0.932. The van der Waals surface area contributed by atoms with Crippen molar-refractivity contribution in [2.75, 3.05) is 6.61 Å². The van der Waals surface area contributed by atoms with E-state index < -0.39 is 12.1 Å². The van der Waals surface area contributed by atoms with Gasteiger partial charge in [0.2, 0.25) is 5.91 Å². The van der Waals surface area contributed by atoms with Crippen molar-refractivity contribution in [3.8, 4) is 0 Å². The van der Waals surface area contributed by atoms with Crippen LogP contribution in [0.5, 0.6) is 0 Å². The lowest BCUT2D eigenvalue weighted by molar-refractivity contribution is -0.123. The standard InChI is InChI=1S/C74H145NO3/c1-3-5-7-9-11-13-15-17-19-21-23-25-27-29-31-33-35-36-37-38-40-42-44-46-48-50-52-54-56-58-60-62-64-66-68-70-74(78)75-72(71-76)73(77)69-67-65-63-61-59-57-55-53-51-49-47-45-43-41-39-34-32-30-28-26-24-22-20-18-16-14-12-10-8-6-4-2/h59,61,67,69,72-73,76-77H,3-58,60,62-66,68,70-71H2,1-2H3,(H,75,78)/b61-59+,69-67+. The minimum absolute atomic E-state index is 0.0635. The van der Waals surface area contributed by atoms with Gasteiger partial charge in [-0.3, -0.25) is 4.79 Å². The first kappa shape index (κ1) is 76.9. The summed E-state index contributed by atoms with van der Waals surface area (Å²) in [6.07, 6.45) is 95.8.